The summed E-state index contributed by atoms with van der Waals surface area (Å²) in [6.07, 6.45) is -5.35. The number of hydrogen-bond donors (Lipinski definition) is 2. The Morgan fingerprint density at radius 2 is 1.51 bits per heavy atom. The van der Waals surface area contributed by atoms with Gasteiger partial charge in [-0.05, 0) is 76.7 Å². The highest BCUT2D eigenvalue weighted by Gasteiger charge is 2.41. The molecule has 13 heteroatoms. The normalized spacial score (nSPS) is 19.9. The van der Waals surface area contributed by atoms with E-state index < -0.39 is 55.8 Å². The van der Waals surface area contributed by atoms with E-state index in [0.29, 0.717) is 44.6 Å². The van der Waals surface area contributed by atoms with Crippen LogP contribution in [0.3, 0.4) is 0 Å². The number of nitrogens with zero attached hydrogens (tertiary/aromatic N) is 1. The third kappa shape index (κ3) is 7.82. The summed E-state index contributed by atoms with van der Waals surface area (Å²) in [4.78, 5) is 14.6. The summed E-state index contributed by atoms with van der Waals surface area (Å²) >= 11 is 0. The van der Waals surface area contributed by atoms with Gasteiger partial charge in [0.1, 0.15) is 0 Å². The van der Waals surface area contributed by atoms with Gasteiger partial charge in [-0.15, -0.1) is 0 Å². The largest absolute Gasteiger partial charge is 0.416 e. The van der Waals surface area contributed by atoms with E-state index >= 15 is 0 Å². The number of carbonyl (C=O) groups excluding carboxylic acids is 1. The number of nitrogens with one attached hydrogen (secondary N) is 2. The number of piperidine rings is 1. The Kier molecular flexibility index (Phi) is 8.90. The van der Waals surface area contributed by atoms with Crippen LogP contribution in [0.1, 0.15) is 73.9 Å². The number of sulfonamides is 1. The molecule has 1 aliphatic heterocycles. The monoisotopic (exact) mass is 557 g/mol. The summed E-state index contributed by atoms with van der Waals surface area (Å²) < 4.78 is 106. The average molecular weight is 558 g/mol. The van der Waals surface area contributed by atoms with Crippen LogP contribution < -0.4 is 10.0 Å². The number of benzene rings is 1. The number of hydrogen-bond acceptors (Lipinski definition) is 4. The molecule has 0 bridgehead atoms. The zero-order chi connectivity index (χ0) is 27.6. The SMILES string of the molecule is CC(C)S(=O)(=O)NC1(CN2CCC(CNC(=O)c3cc(C(F)(F)F)cc(C(F)(F)F)c3)CC2)CCCC1. The van der Waals surface area contributed by atoms with Gasteiger partial charge in [0.05, 0.1) is 16.4 Å². The standard InChI is InChI=1S/C24H33F6N3O3S/c1-16(2)37(35,36)32-22(7-3-4-8-22)15-33-9-5-17(6-10-33)14-31-21(34)18-11-19(23(25,26)27)13-20(12-18)24(28,29)30/h11-13,16-17,32H,3-10,14-15H2,1-2H3,(H,31,34). The van der Waals surface area contributed by atoms with E-state index in [-0.39, 0.29) is 18.5 Å². The topological polar surface area (TPSA) is 78.5 Å². The summed E-state index contributed by atoms with van der Waals surface area (Å²) in [6.45, 7) is 5.25. The molecule has 2 N–H and O–H groups in total. The molecule has 210 valence electrons. The van der Waals surface area contributed by atoms with Gasteiger partial charge in [0.15, 0.2) is 0 Å². The molecule has 1 heterocycles. The molecule has 0 aromatic heterocycles. The Labute approximate surface area is 213 Å². The third-order valence-corrected chi connectivity index (χ3v) is 9.13. The zero-order valence-electron chi connectivity index (χ0n) is 20.8. The molecular weight excluding hydrogens is 524 g/mol. The van der Waals surface area contributed by atoms with Gasteiger partial charge in [0.25, 0.3) is 5.91 Å². The molecular formula is C24H33F6N3O3S. The van der Waals surface area contributed by atoms with Crippen LogP contribution in [0.4, 0.5) is 26.3 Å². The summed E-state index contributed by atoms with van der Waals surface area (Å²) in [7, 11) is -3.44. The predicted molar refractivity (Wildman–Crippen MR) is 126 cm³/mol. The van der Waals surface area contributed by atoms with E-state index in [2.05, 4.69) is 14.9 Å². The van der Waals surface area contributed by atoms with Crippen LogP contribution in [0.25, 0.3) is 0 Å². The molecule has 1 amide bonds. The molecule has 1 aromatic carbocycles. The van der Waals surface area contributed by atoms with Crippen molar-refractivity contribution in [2.24, 2.45) is 5.92 Å². The van der Waals surface area contributed by atoms with E-state index in [1.54, 1.807) is 13.8 Å². The van der Waals surface area contributed by atoms with Crippen LogP contribution in [0, 0.1) is 5.92 Å². The van der Waals surface area contributed by atoms with Crippen molar-refractivity contribution in [1.29, 1.82) is 0 Å². The molecule has 6 nitrogen and oxygen atoms in total. The Balaban J connectivity index is 1.57. The van der Waals surface area contributed by atoms with Crippen LogP contribution >= 0.6 is 0 Å². The van der Waals surface area contributed by atoms with Crippen molar-refractivity contribution in [1.82, 2.24) is 14.9 Å². The van der Waals surface area contributed by atoms with Gasteiger partial charge in [0.2, 0.25) is 10.0 Å². The van der Waals surface area contributed by atoms with E-state index in [1.165, 1.54) is 0 Å². The molecule has 1 saturated carbocycles. The van der Waals surface area contributed by atoms with Crippen LogP contribution in [0.5, 0.6) is 0 Å². The Bertz CT molecular complexity index is 1030. The smallest absolute Gasteiger partial charge is 0.352 e. The van der Waals surface area contributed by atoms with Crippen molar-refractivity contribution in [3.63, 3.8) is 0 Å². The van der Waals surface area contributed by atoms with E-state index in [4.69, 9.17) is 0 Å². The molecule has 1 aromatic rings. The highest BCUT2D eigenvalue weighted by Crippen LogP contribution is 2.36. The predicted octanol–water partition coefficient (Wildman–Crippen LogP) is 4.81. The number of likely N-dealkylation sites (tertiary alicyclic amines) is 1. The van der Waals surface area contributed by atoms with E-state index in [0.717, 1.165) is 25.7 Å². The zero-order valence-corrected chi connectivity index (χ0v) is 21.6. The van der Waals surface area contributed by atoms with Gasteiger partial charge in [-0.3, -0.25) is 4.79 Å². The summed E-state index contributed by atoms with van der Waals surface area (Å²) in [5.74, 6) is -0.994. The molecule has 2 fully saturated rings. The third-order valence-electron chi connectivity index (χ3n) is 7.17. The van der Waals surface area contributed by atoms with Crippen LogP contribution in [0.15, 0.2) is 18.2 Å². The first-order chi connectivity index (χ1) is 17.0. The minimum atomic E-state index is -5.02. The van der Waals surface area contributed by atoms with Gasteiger partial charge in [-0.1, -0.05) is 12.8 Å². The molecule has 2 aliphatic rings. The highest BCUT2D eigenvalue weighted by atomic mass is 32.2. The second kappa shape index (κ2) is 11.1. The molecule has 0 atom stereocenters. The number of carbonyl (C=O) groups is 1. The van der Waals surface area contributed by atoms with Gasteiger partial charge in [-0.2, -0.15) is 26.3 Å². The van der Waals surface area contributed by atoms with Gasteiger partial charge in [0, 0.05) is 24.2 Å². The lowest BCUT2D eigenvalue weighted by atomic mass is 9.93. The average Bonchev–Trinajstić information content (AvgIpc) is 3.24. The quantitative estimate of drug-likeness (QED) is 0.450. The van der Waals surface area contributed by atoms with Crippen molar-refractivity contribution >= 4 is 15.9 Å². The maximum absolute atomic E-state index is 13.1. The number of alkyl halides is 6. The minimum absolute atomic E-state index is 0.0000285. The van der Waals surface area contributed by atoms with Gasteiger partial charge >= 0.3 is 12.4 Å². The van der Waals surface area contributed by atoms with Gasteiger partial charge in [-0.25, -0.2) is 13.1 Å². The second-order valence-electron chi connectivity index (χ2n) is 10.4. The first-order valence-corrected chi connectivity index (χ1v) is 13.9. The fourth-order valence-corrected chi connectivity index (χ4v) is 6.07. The number of amides is 1. The van der Waals surface area contributed by atoms with Crippen molar-refractivity contribution < 1.29 is 39.6 Å². The fraction of sp³-hybridized carbons (Fsp3) is 0.708. The molecule has 37 heavy (non-hydrogen) atoms. The lowest BCUT2D eigenvalue weighted by molar-refractivity contribution is -0.143. The van der Waals surface area contributed by atoms with Crippen molar-refractivity contribution in [3.8, 4) is 0 Å². The molecule has 0 radical (unpaired) electrons. The summed E-state index contributed by atoms with van der Waals surface area (Å²) in [5.41, 5.74) is -4.27. The maximum Gasteiger partial charge on any atom is 0.416 e. The molecule has 0 unspecified atom stereocenters. The minimum Gasteiger partial charge on any atom is -0.352 e. The Morgan fingerprint density at radius 1 is 1.00 bits per heavy atom. The number of halogens is 6. The molecule has 0 spiro atoms. The number of rotatable bonds is 8. The Hall–Kier alpha value is -1.86. The summed E-state index contributed by atoms with van der Waals surface area (Å²) in [5, 5.41) is 1.94. The second-order valence-corrected chi connectivity index (χ2v) is 12.6. The molecule has 3 rings (SSSR count). The van der Waals surface area contributed by atoms with E-state index in [1.807, 2.05) is 0 Å². The molecule has 1 saturated heterocycles. The lowest BCUT2D eigenvalue weighted by Crippen LogP contribution is -2.56. The van der Waals surface area contributed by atoms with Crippen molar-refractivity contribution in [2.75, 3.05) is 26.2 Å². The lowest BCUT2D eigenvalue weighted by Gasteiger charge is -2.39. The van der Waals surface area contributed by atoms with Crippen molar-refractivity contribution in [2.45, 2.75) is 75.5 Å². The summed E-state index contributed by atoms with van der Waals surface area (Å²) in [6, 6.07) is 0.837. The first kappa shape index (κ1) is 29.7. The first-order valence-electron chi connectivity index (χ1n) is 12.3. The van der Waals surface area contributed by atoms with Gasteiger partial charge < -0.3 is 10.2 Å². The van der Waals surface area contributed by atoms with Crippen molar-refractivity contribution in [3.05, 3.63) is 34.9 Å². The Morgan fingerprint density at radius 3 is 1.97 bits per heavy atom. The van der Waals surface area contributed by atoms with E-state index in [9.17, 15) is 39.6 Å². The van der Waals surface area contributed by atoms with Crippen LogP contribution in [0.2, 0.25) is 0 Å². The molecule has 1 aliphatic carbocycles. The highest BCUT2D eigenvalue weighted by molar-refractivity contribution is 7.90. The fourth-order valence-electron chi connectivity index (χ4n) is 4.97. The maximum atomic E-state index is 13.1. The van der Waals surface area contributed by atoms with Crippen LogP contribution in [-0.4, -0.2) is 56.2 Å². The van der Waals surface area contributed by atoms with Crippen LogP contribution in [-0.2, 0) is 22.4 Å².